The highest BCUT2D eigenvalue weighted by Crippen LogP contribution is 2.26. The zero-order chi connectivity index (χ0) is 8.32. The largest absolute Gasteiger partial charge is 0.325 e. The number of nitrogens with two attached hydrogens (primary N) is 1. The van der Waals surface area contributed by atoms with E-state index in [0.29, 0.717) is 6.42 Å². The highest BCUT2D eigenvalue weighted by atomic mass is 19.3. The first-order valence-electron chi connectivity index (χ1n) is 3.62. The van der Waals surface area contributed by atoms with Gasteiger partial charge >= 0.3 is 0 Å². The summed E-state index contributed by atoms with van der Waals surface area (Å²) in [7, 11) is 0. The predicted octanol–water partition coefficient (Wildman–Crippen LogP) is 1.86. The molecule has 2 N–H and O–H groups in total. The summed E-state index contributed by atoms with van der Waals surface area (Å²) in [4.78, 5) is 0. The molecule has 0 heterocycles. The molecule has 0 saturated carbocycles. The zero-order valence-electron chi connectivity index (χ0n) is 6.19. The van der Waals surface area contributed by atoms with E-state index in [-0.39, 0.29) is 5.57 Å². The zero-order valence-corrected chi connectivity index (χ0v) is 6.19. The van der Waals surface area contributed by atoms with E-state index in [2.05, 4.69) is 0 Å². The molecule has 62 valence electrons. The van der Waals surface area contributed by atoms with Crippen molar-refractivity contribution >= 4 is 0 Å². The summed E-state index contributed by atoms with van der Waals surface area (Å²) in [6.45, 7) is -0.608. The van der Waals surface area contributed by atoms with Gasteiger partial charge < -0.3 is 5.73 Å². The lowest BCUT2D eigenvalue weighted by molar-refractivity contribution is 0.0549. The van der Waals surface area contributed by atoms with Gasteiger partial charge in [0.25, 0.3) is 5.92 Å². The number of hydrogen-bond donors (Lipinski definition) is 1. The second-order valence-electron chi connectivity index (χ2n) is 2.55. The molecule has 0 aliphatic heterocycles. The van der Waals surface area contributed by atoms with Crippen LogP contribution in [0.3, 0.4) is 0 Å². The van der Waals surface area contributed by atoms with Crippen molar-refractivity contribution in [3.8, 4) is 0 Å². The van der Waals surface area contributed by atoms with Crippen LogP contribution >= 0.6 is 0 Å². The lowest BCUT2D eigenvalue weighted by Gasteiger charge is -2.16. The van der Waals surface area contributed by atoms with Crippen LogP contribution in [0.25, 0.3) is 0 Å². The Labute approximate surface area is 64.6 Å². The van der Waals surface area contributed by atoms with Gasteiger partial charge in [0.15, 0.2) is 0 Å². The van der Waals surface area contributed by atoms with Gasteiger partial charge in [-0.25, -0.2) is 0 Å². The van der Waals surface area contributed by atoms with Crippen molar-refractivity contribution in [1.82, 2.24) is 0 Å². The topological polar surface area (TPSA) is 26.0 Å². The third-order valence-corrected chi connectivity index (χ3v) is 1.67. The van der Waals surface area contributed by atoms with E-state index in [1.54, 1.807) is 12.2 Å². The van der Waals surface area contributed by atoms with Crippen molar-refractivity contribution in [3.63, 3.8) is 0 Å². The highest BCUT2D eigenvalue weighted by molar-refractivity contribution is 5.29. The van der Waals surface area contributed by atoms with Gasteiger partial charge in [-0.05, 0) is 12.8 Å². The Hall–Kier alpha value is -0.700. The minimum Gasteiger partial charge on any atom is -0.325 e. The van der Waals surface area contributed by atoms with Crippen molar-refractivity contribution < 1.29 is 8.78 Å². The maximum Gasteiger partial charge on any atom is 0.284 e. The van der Waals surface area contributed by atoms with E-state index in [1.807, 2.05) is 0 Å². The Morgan fingerprint density at radius 1 is 1.45 bits per heavy atom. The third-order valence-electron chi connectivity index (χ3n) is 1.67. The average Bonchev–Trinajstić information content (AvgIpc) is 2.06. The van der Waals surface area contributed by atoms with E-state index in [4.69, 9.17) is 5.73 Å². The molecule has 0 saturated heterocycles. The molecule has 11 heavy (non-hydrogen) atoms. The molecule has 1 aliphatic rings. The maximum atomic E-state index is 12.8. The van der Waals surface area contributed by atoms with Gasteiger partial charge in [-0.3, -0.25) is 0 Å². The summed E-state index contributed by atoms with van der Waals surface area (Å²) in [5.74, 6) is -2.84. The Morgan fingerprint density at radius 2 is 2.18 bits per heavy atom. The fourth-order valence-corrected chi connectivity index (χ4v) is 1.00. The number of hydrogen-bond acceptors (Lipinski definition) is 1. The molecular weight excluding hydrogens is 148 g/mol. The predicted molar refractivity (Wildman–Crippen MR) is 40.5 cm³/mol. The maximum absolute atomic E-state index is 12.8. The SMILES string of the molecule is NCC(F)(F)C1=CCCC=C1. The van der Waals surface area contributed by atoms with Crippen LogP contribution in [0.5, 0.6) is 0 Å². The van der Waals surface area contributed by atoms with Crippen LogP contribution in [-0.2, 0) is 0 Å². The minimum absolute atomic E-state index is 0.0613. The van der Waals surface area contributed by atoms with Gasteiger partial charge in [-0.15, -0.1) is 0 Å². The van der Waals surface area contributed by atoms with Crippen LogP contribution in [-0.4, -0.2) is 12.5 Å². The van der Waals surface area contributed by atoms with Crippen molar-refractivity contribution in [2.24, 2.45) is 5.73 Å². The van der Waals surface area contributed by atoms with E-state index in [0.717, 1.165) is 6.42 Å². The van der Waals surface area contributed by atoms with Crippen LogP contribution in [0.4, 0.5) is 8.78 Å². The van der Waals surface area contributed by atoms with Gasteiger partial charge in [0, 0.05) is 5.57 Å². The van der Waals surface area contributed by atoms with Crippen LogP contribution in [0.2, 0.25) is 0 Å². The fraction of sp³-hybridized carbons (Fsp3) is 0.500. The second-order valence-corrected chi connectivity index (χ2v) is 2.55. The molecule has 1 rings (SSSR count). The monoisotopic (exact) mass is 159 g/mol. The first kappa shape index (κ1) is 8.40. The summed E-state index contributed by atoms with van der Waals surface area (Å²) in [6.07, 6.45) is 6.30. The first-order chi connectivity index (χ1) is 5.17. The number of alkyl halides is 2. The van der Waals surface area contributed by atoms with Crippen molar-refractivity contribution in [2.75, 3.05) is 6.54 Å². The summed E-state index contributed by atoms with van der Waals surface area (Å²) < 4.78 is 25.6. The summed E-state index contributed by atoms with van der Waals surface area (Å²) in [6, 6.07) is 0. The molecule has 0 amide bonds. The average molecular weight is 159 g/mol. The first-order valence-corrected chi connectivity index (χ1v) is 3.62. The fourth-order valence-electron chi connectivity index (χ4n) is 1.00. The normalized spacial score (nSPS) is 18.3. The van der Waals surface area contributed by atoms with Crippen molar-refractivity contribution in [3.05, 3.63) is 23.8 Å². The molecule has 0 atom stereocenters. The minimum atomic E-state index is -2.84. The summed E-state index contributed by atoms with van der Waals surface area (Å²) in [5.41, 5.74) is 4.97. The lowest BCUT2D eigenvalue weighted by Crippen LogP contribution is -2.29. The number of halogens is 2. The molecule has 1 nitrogen and oxygen atoms in total. The van der Waals surface area contributed by atoms with Crippen LogP contribution in [0, 0.1) is 0 Å². The van der Waals surface area contributed by atoms with Gasteiger partial charge in [0.05, 0.1) is 6.54 Å². The summed E-state index contributed by atoms with van der Waals surface area (Å²) in [5, 5.41) is 0. The van der Waals surface area contributed by atoms with E-state index in [9.17, 15) is 8.78 Å². The van der Waals surface area contributed by atoms with Crippen molar-refractivity contribution in [2.45, 2.75) is 18.8 Å². The lowest BCUT2D eigenvalue weighted by atomic mass is 10.0. The van der Waals surface area contributed by atoms with E-state index >= 15 is 0 Å². The van der Waals surface area contributed by atoms with Gasteiger partial charge in [0.2, 0.25) is 0 Å². The Kier molecular flexibility index (Phi) is 2.39. The molecule has 3 heteroatoms. The highest BCUT2D eigenvalue weighted by Gasteiger charge is 2.30. The van der Waals surface area contributed by atoms with E-state index < -0.39 is 12.5 Å². The van der Waals surface area contributed by atoms with Crippen LogP contribution in [0.1, 0.15) is 12.8 Å². The number of allylic oxidation sites excluding steroid dienone is 3. The molecular formula is C8H11F2N. The van der Waals surface area contributed by atoms with Crippen molar-refractivity contribution in [1.29, 1.82) is 0 Å². The Bertz CT molecular complexity index is 194. The quantitative estimate of drug-likeness (QED) is 0.653. The van der Waals surface area contributed by atoms with Crippen LogP contribution in [0.15, 0.2) is 23.8 Å². The molecule has 0 radical (unpaired) electrons. The second kappa shape index (κ2) is 3.13. The molecule has 0 fully saturated rings. The van der Waals surface area contributed by atoms with Crippen LogP contribution < -0.4 is 5.73 Å². The van der Waals surface area contributed by atoms with Gasteiger partial charge in [-0.1, -0.05) is 18.2 Å². The Morgan fingerprint density at radius 3 is 2.64 bits per heavy atom. The smallest absolute Gasteiger partial charge is 0.284 e. The number of rotatable bonds is 2. The Balaban J connectivity index is 2.73. The molecule has 0 bridgehead atoms. The molecule has 0 aromatic carbocycles. The standard InChI is InChI=1S/C8H11F2N/c9-8(10,6-11)7-4-2-1-3-5-7/h2,4-5H,1,3,6,11H2. The molecule has 0 aromatic rings. The molecule has 0 unspecified atom stereocenters. The molecule has 0 spiro atoms. The van der Waals surface area contributed by atoms with E-state index in [1.165, 1.54) is 6.08 Å². The van der Waals surface area contributed by atoms with Gasteiger partial charge in [0.1, 0.15) is 0 Å². The van der Waals surface area contributed by atoms with Gasteiger partial charge in [-0.2, -0.15) is 8.78 Å². The summed E-state index contributed by atoms with van der Waals surface area (Å²) >= 11 is 0. The molecule has 0 aromatic heterocycles. The molecule has 1 aliphatic carbocycles. The third kappa shape index (κ3) is 1.87.